The van der Waals surface area contributed by atoms with Crippen LogP contribution in [0.3, 0.4) is 0 Å². The van der Waals surface area contributed by atoms with E-state index < -0.39 is 5.60 Å². The molecule has 2 unspecified atom stereocenters. The lowest BCUT2D eigenvalue weighted by Gasteiger charge is -2.26. The number of ether oxygens (including phenoxy) is 2. The van der Waals surface area contributed by atoms with Gasteiger partial charge in [0.1, 0.15) is 11.6 Å². The summed E-state index contributed by atoms with van der Waals surface area (Å²) in [4.78, 5) is 12.1. The van der Waals surface area contributed by atoms with Crippen molar-refractivity contribution in [3.05, 3.63) is 0 Å². The molecular formula is C15H31NO3. The van der Waals surface area contributed by atoms with Crippen LogP contribution in [0.25, 0.3) is 0 Å². The largest absolute Gasteiger partial charge is 0.459 e. The van der Waals surface area contributed by atoms with Crippen molar-refractivity contribution in [2.24, 2.45) is 0 Å². The first-order valence-corrected chi connectivity index (χ1v) is 7.26. The van der Waals surface area contributed by atoms with Crippen LogP contribution in [0.5, 0.6) is 0 Å². The van der Waals surface area contributed by atoms with Gasteiger partial charge in [0.2, 0.25) is 0 Å². The fraction of sp³-hybridized carbons (Fsp3) is 0.933. The summed E-state index contributed by atoms with van der Waals surface area (Å²) >= 11 is 0. The Balaban J connectivity index is 4.35. The minimum Gasteiger partial charge on any atom is -0.459 e. The van der Waals surface area contributed by atoms with Crippen molar-refractivity contribution in [1.29, 1.82) is 0 Å². The number of nitrogens with one attached hydrogen (secondary N) is 1. The Labute approximate surface area is 118 Å². The van der Waals surface area contributed by atoms with Crippen molar-refractivity contribution in [2.45, 2.75) is 85.1 Å². The molecule has 0 spiro atoms. The molecule has 0 fully saturated rings. The molecule has 0 aliphatic rings. The van der Waals surface area contributed by atoms with Crippen LogP contribution in [-0.4, -0.2) is 36.4 Å². The van der Waals surface area contributed by atoms with Crippen LogP contribution in [0.2, 0.25) is 0 Å². The highest BCUT2D eigenvalue weighted by Gasteiger charge is 2.25. The van der Waals surface area contributed by atoms with Gasteiger partial charge in [-0.1, -0.05) is 13.3 Å². The lowest BCUT2D eigenvalue weighted by atomic mass is 10.1. The smallest absolute Gasteiger partial charge is 0.323 e. The number of hydrogen-bond acceptors (Lipinski definition) is 4. The lowest BCUT2D eigenvalue weighted by Crippen LogP contribution is -2.46. The van der Waals surface area contributed by atoms with E-state index in [4.69, 9.17) is 9.47 Å². The Morgan fingerprint density at radius 3 is 2.21 bits per heavy atom. The highest BCUT2D eigenvalue weighted by Crippen LogP contribution is 2.11. The Hall–Kier alpha value is -0.610. The number of esters is 1. The maximum Gasteiger partial charge on any atom is 0.323 e. The van der Waals surface area contributed by atoms with E-state index in [1.165, 1.54) is 0 Å². The molecule has 0 heterocycles. The second-order valence-electron chi connectivity index (χ2n) is 6.32. The molecule has 0 radical (unpaired) electrons. The average Bonchev–Trinajstić information content (AvgIpc) is 2.23. The van der Waals surface area contributed by atoms with Gasteiger partial charge in [-0.3, -0.25) is 10.1 Å². The molecule has 4 heteroatoms. The third-order valence-electron chi connectivity index (χ3n) is 2.43. The first-order chi connectivity index (χ1) is 8.65. The third kappa shape index (κ3) is 9.91. The first-order valence-electron chi connectivity index (χ1n) is 7.26. The van der Waals surface area contributed by atoms with Crippen LogP contribution in [0.1, 0.15) is 61.3 Å². The Morgan fingerprint density at radius 2 is 1.79 bits per heavy atom. The van der Waals surface area contributed by atoms with E-state index >= 15 is 0 Å². The van der Waals surface area contributed by atoms with Crippen molar-refractivity contribution >= 4 is 5.97 Å². The van der Waals surface area contributed by atoms with Crippen LogP contribution >= 0.6 is 0 Å². The van der Waals surface area contributed by atoms with Gasteiger partial charge >= 0.3 is 5.97 Å². The van der Waals surface area contributed by atoms with E-state index in [9.17, 15) is 4.79 Å². The summed E-state index contributed by atoms with van der Waals surface area (Å²) in [5, 5.41) is 3.30. The Morgan fingerprint density at radius 1 is 1.21 bits per heavy atom. The zero-order valence-electron chi connectivity index (χ0n) is 13.6. The number of rotatable bonds is 8. The summed E-state index contributed by atoms with van der Waals surface area (Å²) < 4.78 is 11.0. The summed E-state index contributed by atoms with van der Waals surface area (Å²) in [7, 11) is 0. The van der Waals surface area contributed by atoms with Crippen molar-refractivity contribution in [3.8, 4) is 0 Å². The molecule has 0 rings (SSSR count). The molecule has 0 aromatic heterocycles. The fourth-order valence-electron chi connectivity index (χ4n) is 1.66. The maximum atomic E-state index is 12.1. The standard InChI is InChI=1S/C15H31NO3/c1-8-9-13(14(17)19-15(5,6)7)16-12(4)10-18-11(2)3/h11-13,16H,8-10H2,1-7H3. The molecule has 0 aromatic rings. The van der Waals surface area contributed by atoms with Crippen LogP contribution in [-0.2, 0) is 14.3 Å². The van der Waals surface area contributed by atoms with Crippen molar-refractivity contribution in [2.75, 3.05) is 6.61 Å². The van der Waals surface area contributed by atoms with Gasteiger partial charge in [-0.2, -0.15) is 0 Å². The number of carbonyl (C=O) groups is 1. The van der Waals surface area contributed by atoms with Gasteiger partial charge in [-0.05, 0) is 48.0 Å². The first kappa shape index (κ1) is 18.4. The minimum atomic E-state index is -0.442. The summed E-state index contributed by atoms with van der Waals surface area (Å²) in [5.74, 6) is -0.175. The van der Waals surface area contributed by atoms with Crippen LogP contribution in [0.4, 0.5) is 0 Å². The quantitative estimate of drug-likeness (QED) is 0.691. The summed E-state index contributed by atoms with van der Waals surface area (Å²) in [5.41, 5.74) is -0.442. The molecule has 0 aliphatic carbocycles. The fourth-order valence-corrected chi connectivity index (χ4v) is 1.66. The molecule has 114 valence electrons. The maximum absolute atomic E-state index is 12.1. The van der Waals surface area contributed by atoms with E-state index in [0.29, 0.717) is 6.61 Å². The zero-order chi connectivity index (χ0) is 15.1. The monoisotopic (exact) mass is 273 g/mol. The molecule has 1 N–H and O–H groups in total. The van der Waals surface area contributed by atoms with Gasteiger partial charge in [-0.15, -0.1) is 0 Å². The summed E-state index contributed by atoms with van der Waals surface area (Å²) in [6.07, 6.45) is 1.92. The van der Waals surface area contributed by atoms with Gasteiger partial charge in [0.25, 0.3) is 0 Å². The van der Waals surface area contributed by atoms with Gasteiger partial charge in [-0.25, -0.2) is 0 Å². The van der Waals surface area contributed by atoms with Gasteiger partial charge in [0.15, 0.2) is 0 Å². The average molecular weight is 273 g/mol. The van der Waals surface area contributed by atoms with Crippen LogP contribution in [0, 0.1) is 0 Å². The van der Waals surface area contributed by atoms with Gasteiger partial charge in [0.05, 0.1) is 12.7 Å². The second kappa shape index (κ2) is 8.54. The molecule has 0 bridgehead atoms. The molecule has 19 heavy (non-hydrogen) atoms. The second-order valence-corrected chi connectivity index (χ2v) is 6.32. The summed E-state index contributed by atoms with van der Waals surface area (Å²) in [6.45, 7) is 14.4. The zero-order valence-corrected chi connectivity index (χ0v) is 13.6. The molecule has 0 saturated carbocycles. The predicted molar refractivity (Wildman–Crippen MR) is 78.2 cm³/mol. The highest BCUT2D eigenvalue weighted by atomic mass is 16.6. The van der Waals surface area contributed by atoms with E-state index in [1.807, 2.05) is 41.5 Å². The van der Waals surface area contributed by atoms with E-state index in [0.717, 1.165) is 12.8 Å². The molecule has 0 saturated heterocycles. The SMILES string of the molecule is CCCC(NC(C)COC(C)C)C(=O)OC(C)(C)C. The minimum absolute atomic E-state index is 0.131. The van der Waals surface area contributed by atoms with E-state index in [2.05, 4.69) is 12.2 Å². The third-order valence-corrected chi connectivity index (χ3v) is 2.43. The summed E-state index contributed by atoms with van der Waals surface area (Å²) in [6, 6.07) is -0.124. The normalized spacial score (nSPS) is 15.4. The molecule has 0 aliphatic heterocycles. The van der Waals surface area contributed by atoms with Crippen LogP contribution < -0.4 is 5.32 Å². The Kier molecular flexibility index (Phi) is 8.26. The molecule has 0 amide bonds. The predicted octanol–water partition coefficient (Wildman–Crippen LogP) is 2.90. The molecule has 2 atom stereocenters. The van der Waals surface area contributed by atoms with Gasteiger partial charge < -0.3 is 9.47 Å². The van der Waals surface area contributed by atoms with E-state index in [1.54, 1.807) is 0 Å². The van der Waals surface area contributed by atoms with Crippen molar-refractivity contribution in [1.82, 2.24) is 5.32 Å². The van der Waals surface area contributed by atoms with Crippen LogP contribution in [0.15, 0.2) is 0 Å². The topological polar surface area (TPSA) is 47.6 Å². The molecule has 0 aromatic carbocycles. The van der Waals surface area contributed by atoms with Crippen molar-refractivity contribution in [3.63, 3.8) is 0 Å². The lowest BCUT2D eigenvalue weighted by molar-refractivity contribution is -0.158. The molecule has 4 nitrogen and oxygen atoms in total. The van der Waals surface area contributed by atoms with E-state index in [-0.39, 0.29) is 24.2 Å². The van der Waals surface area contributed by atoms with Crippen molar-refractivity contribution < 1.29 is 14.3 Å². The number of hydrogen-bond donors (Lipinski definition) is 1. The Bertz CT molecular complexity index is 259. The number of carbonyl (C=O) groups excluding carboxylic acids is 1. The highest BCUT2D eigenvalue weighted by molar-refractivity contribution is 5.76. The van der Waals surface area contributed by atoms with Gasteiger partial charge in [0, 0.05) is 6.04 Å². The molecular weight excluding hydrogens is 242 g/mol.